The maximum Gasteiger partial charge on any atom is 0.252 e. The molecule has 1 aliphatic heterocycles. The van der Waals surface area contributed by atoms with E-state index in [1.165, 1.54) is 16.7 Å². The summed E-state index contributed by atoms with van der Waals surface area (Å²) in [6.07, 6.45) is 1.57. The van der Waals surface area contributed by atoms with Crippen LogP contribution in [0.1, 0.15) is 40.2 Å². The minimum Gasteiger partial charge on any atom is -0.361 e. The van der Waals surface area contributed by atoms with Gasteiger partial charge in [0.15, 0.2) is 0 Å². The van der Waals surface area contributed by atoms with Gasteiger partial charge in [-0.05, 0) is 30.7 Å². The molecule has 2 atom stereocenters. The lowest BCUT2D eigenvalue weighted by Crippen LogP contribution is -2.42. The Morgan fingerprint density at radius 1 is 1.39 bits per heavy atom. The Morgan fingerprint density at radius 2 is 2.23 bits per heavy atom. The van der Waals surface area contributed by atoms with Crippen LogP contribution in [0.4, 0.5) is 0 Å². The third kappa shape index (κ3) is 4.25. The average molecular weight is 436 g/mol. The van der Waals surface area contributed by atoms with E-state index in [9.17, 15) is 9.59 Å². The van der Waals surface area contributed by atoms with Gasteiger partial charge >= 0.3 is 0 Å². The van der Waals surface area contributed by atoms with Gasteiger partial charge in [0.25, 0.3) is 5.91 Å². The van der Waals surface area contributed by atoms with Gasteiger partial charge in [-0.25, -0.2) is 0 Å². The molecule has 8 nitrogen and oxygen atoms in total. The average Bonchev–Trinajstić information content (AvgIpc) is 3.44. The molecule has 0 radical (unpaired) electrons. The van der Waals surface area contributed by atoms with Crippen molar-refractivity contribution in [1.29, 1.82) is 5.26 Å². The Hall–Kier alpha value is -3.38. The first kappa shape index (κ1) is 20.9. The zero-order valence-corrected chi connectivity index (χ0v) is 18.0. The van der Waals surface area contributed by atoms with E-state index >= 15 is 0 Å². The van der Waals surface area contributed by atoms with Crippen LogP contribution in [0, 0.1) is 18.3 Å². The molecule has 1 saturated heterocycles. The van der Waals surface area contributed by atoms with E-state index in [1.54, 1.807) is 12.3 Å². The van der Waals surface area contributed by atoms with Crippen molar-refractivity contribution in [1.82, 2.24) is 20.4 Å². The highest BCUT2D eigenvalue weighted by molar-refractivity contribution is 7.99. The van der Waals surface area contributed by atoms with Gasteiger partial charge in [-0.3, -0.25) is 14.6 Å². The number of nitrogens with one attached hydrogen (secondary N) is 1. The lowest BCUT2D eigenvalue weighted by Gasteiger charge is -2.18. The number of amides is 2. The van der Waals surface area contributed by atoms with Crippen molar-refractivity contribution in [3.05, 3.63) is 59.1 Å². The van der Waals surface area contributed by atoms with Crippen LogP contribution in [0.15, 0.2) is 41.1 Å². The minimum atomic E-state index is -0.445. The van der Waals surface area contributed by atoms with Crippen LogP contribution < -0.4 is 5.32 Å². The summed E-state index contributed by atoms with van der Waals surface area (Å²) in [5.41, 5.74) is 2.90. The number of aromatic nitrogens is 2. The van der Waals surface area contributed by atoms with E-state index in [0.717, 1.165) is 17.0 Å². The SMILES string of the molecule is Cc1cc([C@H](C)c2ccc3nccc(C(=O)NCC(=O)N4CSC[C@H]4C#N)c3c2)on1. The summed E-state index contributed by atoms with van der Waals surface area (Å²) in [5, 5.41) is 16.5. The van der Waals surface area contributed by atoms with Crippen LogP contribution >= 0.6 is 11.8 Å². The Labute approximate surface area is 183 Å². The molecule has 1 aliphatic rings. The van der Waals surface area contributed by atoms with Crippen LogP contribution in [0.25, 0.3) is 10.9 Å². The Morgan fingerprint density at radius 3 is 2.97 bits per heavy atom. The topological polar surface area (TPSA) is 112 Å². The highest BCUT2D eigenvalue weighted by Crippen LogP contribution is 2.28. The molecular formula is C22H21N5O3S. The second kappa shape index (κ2) is 8.78. The number of thioether (sulfide) groups is 1. The molecule has 158 valence electrons. The number of fused-ring (bicyclic) bond motifs is 1. The highest BCUT2D eigenvalue weighted by Gasteiger charge is 2.29. The number of nitrogens with zero attached hydrogens (tertiary/aromatic N) is 4. The summed E-state index contributed by atoms with van der Waals surface area (Å²) in [7, 11) is 0. The number of pyridine rings is 1. The minimum absolute atomic E-state index is 0.0427. The van der Waals surface area contributed by atoms with Gasteiger partial charge < -0.3 is 14.7 Å². The normalized spacial score (nSPS) is 16.8. The molecular weight excluding hydrogens is 414 g/mol. The molecule has 3 aromatic rings. The van der Waals surface area contributed by atoms with Gasteiger partial charge in [0.1, 0.15) is 11.8 Å². The number of hydrogen-bond donors (Lipinski definition) is 1. The number of carbonyl (C=O) groups excluding carboxylic acids is 2. The van der Waals surface area contributed by atoms with Gasteiger partial charge in [0, 0.05) is 29.3 Å². The fraction of sp³-hybridized carbons (Fsp3) is 0.318. The van der Waals surface area contributed by atoms with Crippen LogP contribution in [-0.4, -0.2) is 51.1 Å². The molecule has 4 rings (SSSR count). The van der Waals surface area contributed by atoms with E-state index in [-0.39, 0.29) is 24.3 Å². The first-order chi connectivity index (χ1) is 15.0. The highest BCUT2D eigenvalue weighted by atomic mass is 32.2. The molecule has 0 unspecified atom stereocenters. The maximum atomic E-state index is 12.9. The standard InChI is InChI=1S/C22H21N5O3S/c1-13-7-20(30-26-13)14(2)15-3-4-19-18(8-15)17(5-6-24-19)22(29)25-10-21(28)27-12-31-11-16(27)9-23/h3-8,14,16H,10-12H2,1-2H3,(H,25,29)/t14-,16-/m1/s1. The van der Waals surface area contributed by atoms with E-state index in [1.807, 2.05) is 38.1 Å². The first-order valence-corrected chi connectivity index (χ1v) is 11.0. The van der Waals surface area contributed by atoms with E-state index in [2.05, 4.69) is 21.5 Å². The van der Waals surface area contributed by atoms with Gasteiger partial charge in [-0.1, -0.05) is 18.1 Å². The molecule has 31 heavy (non-hydrogen) atoms. The Bertz CT molecular complexity index is 1190. The predicted octanol–water partition coefficient (Wildman–Crippen LogP) is 2.84. The molecule has 9 heteroatoms. The van der Waals surface area contributed by atoms with Crippen molar-refractivity contribution in [2.45, 2.75) is 25.8 Å². The molecule has 2 aromatic heterocycles. The first-order valence-electron chi connectivity index (χ1n) is 9.85. The second-order valence-electron chi connectivity index (χ2n) is 7.42. The van der Waals surface area contributed by atoms with Gasteiger partial charge in [0.2, 0.25) is 5.91 Å². The zero-order chi connectivity index (χ0) is 22.0. The molecule has 1 N–H and O–H groups in total. The van der Waals surface area contributed by atoms with Crippen molar-refractivity contribution in [3.63, 3.8) is 0 Å². The molecule has 1 aromatic carbocycles. The van der Waals surface area contributed by atoms with E-state index in [4.69, 9.17) is 9.78 Å². The van der Waals surface area contributed by atoms with Crippen molar-refractivity contribution >= 4 is 34.5 Å². The van der Waals surface area contributed by atoms with Crippen molar-refractivity contribution < 1.29 is 14.1 Å². The maximum absolute atomic E-state index is 12.9. The quantitative estimate of drug-likeness (QED) is 0.656. The fourth-order valence-electron chi connectivity index (χ4n) is 3.53. The summed E-state index contributed by atoms with van der Waals surface area (Å²) in [4.78, 5) is 31.2. The third-order valence-electron chi connectivity index (χ3n) is 5.34. The van der Waals surface area contributed by atoms with Crippen molar-refractivity contribution in [3.8, 4) is 6.07 Å². The molecule has 0 spiro atoms. The number of benzene rings is 1. The van der Waals surface area contributed by atoms with E-state index in [0.29, 0.717) is 28.1 Å². The van der Waals surface area contributed by atoms with Gasteiger partial charge in [0.05, 0.1) is 35.3 Å². The van der Waals surface area contributed by atoms with Gasteiger partial charge in [-0.2, -0.15) is 5.26 Å². The smallest absolute Gasteiger partial charge is 0.252 e. The molecule has 1 fully saturated rings. The predicted molar refractivity (Wildman–Crippen MR) is 116 cm³/mol. The lowest BCUT2D eigenvalue weighted by atomic mass is 9.95. The molecule has 3 heterocycles. The molecule has 0 aliphatic carbocycles. The van der Waals surface area contributed by atoms with Gasteiger partial charge in [-0.15, -0.1) is 11.8 Å². The van der Waals surface area contributed by atoms with Crippen LogP contribution in [0.3, 0.4) is 0 Å². The molecule has 2 amide bonds. The molecule has 0 saturated carbocycles. The van der Waals surface area contributed by atoms with Crippen LogP contribution in [0.2, 0.25) is 0 Å². The van der Waals surface area contributed by atoms with Crippen LogP contribution in [0.5, 0.6) is 0 Å². The molecule has 0 bridgehead atoms. The summed E-state index contributed by atoms with van der Waals surface area (Å²) in [6, 6.07) is 10.9. The summed E-state index contributed by atoms with van der Waals surface area (Å²) in [6.45, 7) is 3.72. The second-order valence-corrected chi connectivity index (χ2v) is 8.42. The lowest BCUT2D eigenvalue weighted by molar-refractivity contribution is -0.129. The number of carbonyl (C=O) groups is 2. The van der Waals surface area contributed by atoms with Crippen molar-refractivity contribution in [2.75, 3.05) is 18.2 Å². The fourth-order valence-corrected chi connectivity index (χ4v) is 4.63. The number of hydrogen-bond acceptors (Lipinski definition) is 7. The summed E-state index contributed by atoms with van der Waals surface area (Å²) < 4.78 is 5.39. The Kier molecular flexibility index (Phi) is 5.91. The monoisotopic (exact) mass is 435 g/mol. The zero-order valence-electron chi connectivity index (χ0n) is 17.2. The third-order valence-corrected chi connectivity index (χ3v) is 6.35. The largest absolute Gasteiger partial charge is 0.361 e. The number of rotatable bonds is 5. The van der Waals surface area contributed by atoms with E-state index < -0.39 is 6.04 Å². The summed E-state index contributed by atoms with van der Waals surface area (Å²) >= 11 is 1.53. The Balaban J connectivity index is 1.55. The number of nitriles is 1. The van der Waals surface area contributed by atoms with Crippen molar-refractivity contribution in [2.24, 2.45) is 0 Å². The summed E-state index contributed by atoms with van der Waals surface area (Å²) in [5.74, 6) is 1.14. The van der Waals surface area contributed by atoms with Crippen LogP contribution in [-0.2, 0) is 4.79 Å². The number of aryl methyl sites for hydroxylation is 1.